The Morgan fingerprint density at radius 1 is 1.37 bits per heavy atom. The summed E-state index contributed by atoms with van der Waals surface area (Å²) in [7, 11) is 0. The van der Waals surface area contributed by atoms with E-state index in [9.17, 15) is 9.59 Å². The van der Waals surface area contributed by atoms with E-state index in [0.29, 0.717) is 22.3 Å². The SMILES string of the molecule is CCOC(=O)c1ccc(NC(=O)C(C)CC)c(Br)c1. The van der Waals surface area contributed by atoms with Crippen molar-refractivity contribution in [1.29, 1.82) is 0 Å². The molecule has 0 fully saturated rings. The molecule has 0 saturated carbocycles. The monoisotopic (exact) mass is 327 g/mol. The molecule has 1 atom stereocenters. The van der Waals surface area contributed by atoms with Crippen LogP contribution in [-0.4, -0.2) is 18.5 Å². The molecule has 4 nitrogen and oxygen atoms in total. The number of amides is 1. The van der Waals surface area contributed by atoms with Gasteiger partial charge in [-0.1, -0.05) is 13.8 Å². The van der Waals surface area contributed by atoms with Crippen molar-refractivity contribution in [1.82, 2.24) is 0 Å². The van der Waals surface area contributed by atoms with Gasteiger partial charge in [-0.15, -0.1) is 0 Å². The van der Waals surface area contributed by atoms with Crippen LogP contribution in [0.5, 0.6) is 0 Å². The zero-order chi connectivity index (χ0) is 14.4. The van der Waals surface area contributed by atoms with Gasteiger partial charge in [0.1, 0.15) is 0 Å². The van der Waals surface area contributed by atoms with Crippen molar-refractivity contribution < 1.29 is 14.3 Å². The number of carbonyl (C=O) groups is 2. The first-order chi connectivity index (χ1) is 8.99. The lowest BCUT2D eigenvalue weighted by Crippen LogP contribution is -2.20. The molecule has 104 valence electrons. The molecule has 0 aliphatic carbocycles. The van der Waals surface area contributed by atoms with Crippen molar-refractivity contribution in [2.75, 3.05) is 11.9 Å². The number of halogens is 1. The summed E-state index contributed by atoms with van der Waals surface area (Å²) >= 11 is 3.34. The van der Waals surface area contributed by atoms with Crippen molar-refractivity contribution >= 4 is 33.5 Å². The number of nitrogens with one attached hydrogen (secondary N) is 1. The van der Waals surface area contributed by atoms with Gasteiger partial charge in [-0.3, -0.25) is 4.79 Å². The Bertz CT molecular complexity index is 474. The number of hydrogen-bond acceptors (Lipinski definition) is 3. The molecule has 0 heterocycles. The maximum absolute atomic E-state index is 11.8. The maximum Gasteiger partial charge on any atom is 0.338 e. The summed E-state index contributed by atoms with van der Waals surface area (Å²) < 4.78 is 5.57. The van der Waals surface area contributed by atoms with Gasteiger partial charge in [0.25, 0.3) is 0 Å². The fraction of sp³-hybridized carbons (Fsp3) is 0.429. The summed E-state index contributed by atoms with van der Waals surface area (Å²) in [5.41, 5.74) is 1.11. The molecule has 0 bridgehead atoms. The van der Waals surface area contributed by atoms with E-state index in [-0.39, 0.29) is 17.8 Å². The van der Waals surface area contributed by atoms with Gasteiger partial charge in [-0.2, -0.15) is 0 Å². The normalized spacial score (nSPS) is 11.8. The number of ether oxygens (including phenoxy) is 1. The molecule has 0 radical (unpaired) electrons. The van der Waals surface area contributed by atoms with Crippen LogP contribution in [0, 0.1) is 5.92 Å². The van der Waals surface area contributed by atoms with Crippen molar-refractivity contribution in [3.05, 3.63) is 28.2 Å². The van der Waals surface area contributed by atoms with Crippen LogP contribution in [0.3, 0.4) is 0 Å². The third kappa shape index (κ3) is 4.35. The molecule has 0 aliphatic rings. The molecule has 5 heteroatoms. The lowest BCUT2D eigenvalue weighted by Gasteiger charge is -2.12. The van der Waals surface area contributed by atoms with Gasteiger partial charge in [0.2, 0.25) is 5.91 Å². The van der Waals surface area contributed by atoms with E-state index < -0.39 is 0 Å². The summed E-state index contributed by atoms with van der Waals surface area (Å²) in [6.45, 7) is 5.93. The Hall–Kier alpha value is -1.36. The minimum atomic E-state index is -0.372. The lowest BCUT2D eigenvalue weighted by molar-refractivity contribution is -0.119. The van der Waals surface area contributed by atoms with Crippen LogP contribution in [0.25, 0.3) is 0 Å². The van der Waals surface area contributed by atoms with Crippen LogP contribution in [0.2, 0.25) is 0 Å². The molecular formula is C14H18BrNO3. The fourth-order valence-corrected chi connectivity index (χ4v) is 1.88. The highest BCUT2D eigenvalue weighted by Crippen LogP contribution is 2.24. The topological polar surface area (TPSA) is 55.4 Å². The molecule has 0 aliphatic heterocycles. The number of hydrogen-bond donors (Lipinski definition) is 1. The Morgan fingerprint density at radius 2 is 2.05 bits per heavy atom. The Balaban J connectivity index is 2.83. The van der Waals surface area contributed by atoms with Gasteiger partial charge in [0.05, 0.1) is 17.9 Å². The zero-order valence-electron chi connectivity index (χ0n) is 11.3. The zero-order valence-corrected chi connectivity index (χ0v) is 12.9. The number of carbonyl (C=O) groups excluding carboxylic acids is 2. The third-order valence-corrected chi connectivity index (χ3v) is 3.45. The van der Waals surface area contributed by atoms with Crippen LogP contribution in [0.15, 0.2) is 22.7 Å². The number of esters is 1. The van der Waals surface area contributed by atoms with E-state index >= 15 is 0 Å². The molecule has 1 amide bonds. The highest BCUT2D eigenvalue weighted by molar-refractivity contribution is 9.10. The van der Waals surface area contributed by atoms with Gasteiger partial charge >= 0.3 is 5.97 Å². The first kappa shape index (κ1) is 15.7. The second-order valence-corrected chi connectivity index (χ2v) is 5.07. The van der Waals surface area contributed by atoms with Gasteiger partial charge < -0.3 is 10.1 Å². The minimum absolute atomic E-state index is 0.0351. The minimum Gasteiger partial charge on any atom is -0.462 e. The van der Waals surface area contributed by atoms with E-state index in [1.165, 1.54) is 0 Å². The van der Waals surface area contributed by atoms with Gasteiger partial charge in [0.15, 0.2) is 0 Å². The number of rotatable bonds is 5. The lowest BCUT2D eigenvalue weighted by atomic mass is 10.1. The molecule has 1 unspecified atom stereocenters. The van der Waals surface area contributed by atoms with Crippen molar-refractivity contribution in [2.45, 2.75) is 27.2 Å². The Kier molecular flexibility index (Phi) is 6.02. The van der Waals surface area contributed by atoms with Crippen molar-refractivity contribution in [2.24, 2.45) is 5.92 Å². The predicted molar refractivity (Wildman–Crippen MR) is 78.2 cm³/mol. The molecule has 1 aromatic rings. The Labute approximate surface area is 121 Å². The summed E-state index contributed by atoms with van der Waals surface area (Å²) in [4.78, 5) is 23.3. The standard InChI is InChI=1S/C14H18BrNO3/c1-4-9(3)13(17)16-12-7-6-10(8-11(12)15)14(18)19-5-2/h6-9H,4-5H2,1-3H3,(H,16,17). The van der Waals surface area contributed by atoms with E-state index in [2.05, 4.69) is 21.2 Å². The second kappa shape index (κ2) is 7.28. The average molecular weight is 328 g/mol. The Morgan fingerprint density at radius 3 is 2.58 bits per heavy atom. The summed E-state index contributed by atoms with van der Waals surface area (Å²) in [5, 5.41) is 2.82. The highest BCUT2D eigenvalue weighted by atomic mass is 79.9. The molecule has 1 rings (SSSR count). The van der Waals surface area contributed by atoms with Crippen molar-refractivity contribution in [3.8, 4) is 0 Å². The van der Waals surface area contributed by atoms with Crippen LogP contribution in [0.1, 0.15) is 37.6 Å². The molecule has 0 aromatic heterocycles. The third-order valence-electron chi connectivity index (χ3n) is 2.80. The number of benzene rings is 1. The van der Waals surface area contributed by atoms with Gasteiger partial charge in [-0.05, 0) is 47.5 Å². The average Bonchev–Trinajstić information content (AvgIpc) is 2.40. The first-order valence-electron chi connectivity index (χ1n) is 6.27. The highest BCUT2D eigenvalue weighted by Gasteiger charge is 2.14. The molecule has 19 heavy (non-hydrogen) atoms. The van der Waals surface area contributed by atoms with E-state index in [1.54, 1.807) is 25.1 Å². The number of anilines is 1. The van der Waals surface area contributed by atoms with E-state index in [0.717, 1.165) is 6.42 Å². The summed E-state index contributed by atoms with van der Waals surface area (Å²) in [6, 6.07) is 4.97. The van der Waals surface area contributed by atoms with E-state index in [4.69, 9.17) is 4.74 Å². The molecular weight excluding hydrogens is 310 g/mol. The smallest absolute Gasteiger partial charge is 0.338 e. The van der Waals surface area contributed by atoms with Crippen LogP contribution >= 0.6 is 15.9 Å². The van der Waals surface area contributed by atoms with Gasteiger partial charge in [0, 0.05) is 10.4 Å². The molecule has 1 aromatic carbocycles. The van der Waals surface area contributed by atoms with Crippen LogP contribution in [-0.2, 0) is 9.53 Å². The van der Waals surface area contributed by atoms with Crippen LogP contribution < -0.4 is 5.32 Å². The molecule has 1 N–H and O–H groups in total. The fourth-order valence-electron chi connectivity index (χ4n) is 1.40. The van der Waals surface area contributed by atoms with Crippen molar-refractivity contribution in [3.63, 3.8) is 0 Å². The first-order valence-corrected chi connectivity index (χ1v) is 7.06. The second-order valence-electron chi connectivity index (χ2n) is 4.21. The van der Waals surface area contributed by atoms with Crippen LogP contribution in [0.4, 0.5) is 5.69 Å². The quantitative estimate of drug-likeness (QED) is 0.840. The predicted octanol–water partition coefficient (Wildman–Crippen LogP) is 3.61. The largest absolute Gasteiger partial charge is 0.462 e. The maximum atomic E-state index is 11.8. The van der Waals surface area contributed by atoms with E-state index in [1.807, 2.05) is 13.8 Å². The van der Waals surface area contributed by atoms with Gasteiger partial charge in [-0.25, -0.2) is 4.79 Å². The summed E-state index contributed by atoms with van der Waals surface area (Å²) in [5.74, 6) is -0.452. The summed E-state index contributed by atoms with van der Waals surface area (Å²) in [6.07, 6.45) is 0.782. The molecule has 0 saturated heterocycles. The molecule has 0 spiro atoms.